The average Bonchev–Trinajstić information content (AvgIpc) is 3.51. The number of carbonyl (C=O) groups excluding carboxylic acids is 2. The maximum absolute atomic E-state index is 13.2. The van der Waals surface area contributed by atoms with Gasteiger partial charge in [-0.05, 0) is 40.5 Å². The zero-order chi connectivity index (χ0) is 34.9. The van der Waals surface area contributed by atoms with Crippen molar-refractivity contribution in [3.05, 3.63) is 0 Å². The molecule has 2 amide bonds. The van der Waals surface area contributed by atoms with Crippen LogP contribution >= 0.6 is 0 Å². The van der Waals surface area contributed by atoms with Gasteiger partial charge < -0.3 is 64.2 Å². The van der Waals surface area contributed by atoms with Crippen LogP contribution in [0.1, 0.15) is 40.5 Å². The van der Waals surface area contributed by atoms with Crippen molar-refractivity contribution < 1.29 is 63.2 Å². The minimum Gasteiger partial charge on any atom is -0.387 e. The molecular formula is C31H54N2O13Si. The van der Waals surface area contributed by atoms with Crippen molar-refractivity contribution in [3.63, 3.8) is 0 Å². The van der Waals surface area contributed by atoms with Gasteiger partial charge in [-0.2, -0.15) is 0 Å². The van der Waals surface area contributed by atoms with Gasteiger partial charge in [0.1, 0.15) is 44.7 Å². The number of carbonyl (C=O) groups is 2. The molecule has 3 aliphatic heterocycles. The van der Waals surface area contributed by atoms with Gasteiger partial charge in [0.2, 0.25) is 0 Å². The first-order valence-corrected chi connectivity index (χ1v) is 19.8. The topological polar surface area (TPSA) is 204 Å². The standard InChI is InChI=1S/C31H54N2O13Si/c1-17(2)43-25-21(35)22(36)30(45-27(25)28(38)32-11-9-15-47(5,6)7)42-14-13-41-24-20(34)23(37)31(44-18(3)4)46-26(24)29(39)33-16-19-10-8-12-40-19/h17-27,30-31,34-37H,8,10-14,16H2,1-7H3,(H,32,38)(H,33,39)/t19?,20-,21-,22+,23+,24+,25+,26?,27?,30-,31-/m1/s1. The summed E-state index contributed by atoms with van der Waals surface area (Å²) in [4.78, 5) is 26.2. The molecule has 3 aliphatic rings. The lowest BCUT2D eigenvalue weighted by Gasteiger charge is -2.43. The van der Waals surface area contributed by atoms with Crippen LogP contribution in [0.5, 0.6) is 0 Å². The van der Waals surface area contributed by atoms with E-state index in [0.29, 0.717) is 6.61 Å². The average molecular weight is 691 g/mol. The molecule has 16 heteroatoms. The number of hydrogen-bond donors (Lipinski definition) is 6. The summed E-state index contributed by atoms with van der Waals surface area (Å²) in [6, 6.07) is 0. The highest BCUT2D eigenvalue weighted by Gasteiger charge is 2.50. The van der Waals surface area contributed by atoms with Gasteiger partial charge in [0, 0.05) is 13.2 Å². The van der Waals surface area contributed by atoms with Crippen LogP contribution in [0.25, 0.3) is 0 Å². The zero-order valence-electron chi connectivity index (χ0n) is 28.4. The van der Waals surface area contributed by atoms with Crippen LogP contribution < -0.4 is 10.6 Å². The summed E-state index contributed by atoms with van der Waals surface area (Å²) in [5.41, 5.74) is 3.15. The van der Waals surface area contributed by atoms with Crippen molar-refractivity contribution in [2.24, 2.45) is 0 Å². The minimum absolute atomic E-state index is 0.0680. The summed E-state index contributed by atoms with van der Waals surface area (Å²) < 4.78 is 39.9. The van der Waals surface area contributed by atoms with E-state index in [9.17, 15) is 30.0 Å². The lowest BCUT2D eigenvalue weighted by Crippen LogP contribution is -2.64. The highest BCUT2D eigenvalue weighted by Crippen LogP contribution is 2.28. The summed E-state index contributed by atoms with van der Waals surface area (Å²) in [6.07, 6.45) is -13.3. The number of amides is 2. The molecule has 6 N–H and O–H groups in total. The second-order valence-electron chi connectivity index (χ2n) is 13.5. The molecular weight excluding hydrogens is 636 g/mol. The molecule has 0 aromatic rings. The molecule has 47 heavy (non-hydrogen) atoms. The Balaban J connectivity index is 1.63. The molecule has 3 rings (SSSR count). The molecule has 0 spiro atoms. The molecule has 270 valence electrons. The van der Waals surface area contributed by atoms with Gasteiger partial charge in [0.15, 0.2) is 24.8 Å². The third kappa shape index (κ3) is 12.0. The van der Waals surface area contributed by atoms with Gasteiger partial charge in [-0.3, -0.25) is 9.59 Å². The predicted molar refractivity (Wildman–Crippen MR) is 169 cm³/mol. The van der Waals surface area contributed by atoms with Crippen LogP contribution in [0.15, 0.2) is 0 Å². The van der Waals surface area contributed by atoms with E-state index in [-0.39, 0.29) is 44.6 Å². The molecule has 3 heterocycles. The Labute approximate surface area is 277 Å². The van der Waals surface area contributed by atoms with Gasteiger partial charge in [-0.15, -0.1) is 5.54 Å². The fourth-order valence-corrected chi connectivity index (χ4v) is 5.90. The summed E-state index contributed by atoms with van der Waals surface area (Å²) in [5.74, 6) is 1.77. The molecule has 3 saturated heterocycles. The Hall–Kier alpha value is -1.72. The minimum atomic E-state index is -1.65. The van der Waals surface area contributed by atoms with Crippen molar-refractivity contribution in [1.29, 1.82) is 0 Å². The van der Waals surface area contributed by atoms with E-state index >= 15 is 0 Å². The molecule has 15 nitrogen and oxygen atoms in total. The molecule has 0 aromatic carbocycles. The first-order valence-electron chi connectivity index (χ1n) is 16.3. The number of ether oxygens (including phenoxy) is 7. The summed E-state index contributed by atoms with van der Waals surface area (Å²) in [5, 5.41) is 48.7. The molecule has 3 fully saturated rings. The lowest BCUT2D eigenvalue weighted by atomic mass is 9.97. The second kappa shape index (κ2) is 18.3. The van der Waals surface area contributed by atoms with Crippen molar-refractivity contribution in [3.8, 4) is 11.5 Å². The number of nitrogens with one attached hydrogen (secondary N) is 2. The van der Waals surface area contributed by atoms with E-state index < -0.39 is 81.3 Å². The molecule has 11 atom stereocenters. The monoisotopic (exact) mass is 690 g/mol. The van der Waals surface area contributed by atoms with Gasteiger partial charge in [-0.25, -0.2) is 0 Å². The quantitative estimate of drug-likeness (QED) is 0.0721. The number of rotatable bonds is 14. The molecule has 0 saturated carbocycles. The highest BCUT2D eigenvalue weighted by atomic mass is 28.3. The maximum Gasteiger partial charge on any atom is 0.252 e. The van der Waals surface area contributed by atoms with Gasteiger partial charge in [0.25, 0.3) is 11.8 Å². The fourth-order valence-electron chi connectivity index (χ4n) is 5.28. The van der Waals surface area contributed by atoms with Crippen LogP contribution in [0.3, 0.4) is 0 Å². The smallest absolute Gasteiger partial charge is 0.252 e. The molecule has 0 aliphatic carbocycles. The normalized spacial score (nSPS) is 34.6. The van der Waals surface area contributed by atoms with E-state index in [1.54, 1.807) is 27.7 Å². The maximum atomic E-state index is 13.2. The van der Waals surface area contributed by atoms with Gasteiger partial charge in [-0.1, -0.05) is 25.6 Å². The largest absolute Gasteiger partial charge is 0.387 e. The van der Waals surface area contributed by atoms with Crippen LogP contribution in [0.2, 0.25) is 19.6 Å². The number of hydrogen-bond acceptors (Lipinski definition) is 13. The lowest BCUT2D eigenvalue weighted by molar-refractivity contribution is -0.313. The van der Waals surface area contributed by atoms with Crippen LogP contribution in [-0.2, 0) is 42.7 Å². The van der Waals surface area contributed by atoms with E-state index in [2.05, 4.69) is 41.7 Å². The van der Waals surface area contributed by atoms with Crippen LogP contribution in [0.4, 0.5) is 0 Å². The molecule has 0 radical (unpaired) electrons. The van der Waals surface area contributed by atoms with Crippen LogP contribution in [-0.4, -0.2) is 153 Å². The van der Waals surface area contributed by atoms with Crippen molar-refractivity contribution >= 4 is 19.9 Å². The van der Waals surface area contributed by atoms with Gasteiger partial charge in [0.05, 0.1) is 38.1 Å². The van der Waals surface area contributed by atoms with E-state index in [1.807, 2.05) is 0 Å². The molecule has 0 bridgehead atoms. The Bertz CT molecular complexity index is 1060. The Morgan fingerprint density at radius 1 is 0.809 bits per heavy atom. The fraction of sp³-hybridized carbons (Fsp3) is 0.871. The third-order valence-corrected chi connectivity index (χ3v) is 8.39. The van der Waals surface area contributed by atoms with Gasteiger partial charge >= 0.3 is 0 Å². The van der Waals surface area contributed by atoms with Crippen LogP contribution in [0, 0.1) is 11.5 Å². The van der Waals surface area contributed by atoms with Crippen molar-refractivity contribution in [2.75, 3.05) is 32.9 Å². The highest BCUT2D eigenvalue weighted by molar-refractivity contribution is 6.83. The zero-order valence-corrected chi connectivity index (χ0v) is 29.4. The molecule has 0 aromatic heterocycles. The number of aliphatic hydroxyl groups is 4. The predicted octanol–water partition coefficient (Wildman–Crippen LogP) is -1.21. The first-order chi connectivity index (χ1) is 22.1. The van der Waals surface area contributed by atoms with E-state index in [4.69, 9.17) is 33.2 Å². The second-order valence-corrected chi connectivity index (χ2v) is 18.3. The summed E-state index contributed by atoms with van der Waals surface area (Å²) >= 11 is 0. The Kier molecular flexibility index (Phi) is 15.5. The van der Waals surface area contributed by atoms with Crippen molar-refractivity contribution in [1.82, 2.24) is 10.6 Å². The Morgan fingerprint density at radius 2 is 1.38 bits per heavy atom. The SMILES string of the molecule is CC(C)O[C@@H]1OC(C(=O)NCC2CCCO2)[C@@H](OCCO[C@@H]2OC(C(=O)NCC#C[Si](C)(C)C)[C@@H](OC(C)C)[C@H](O)[C@@H]2O)[C@H](O)[C@@H]1O. The van der Waals surface area contributed by atoms with E-state index in [1.165, 1.54) is 0 Å². The molecule has 3 unspecified atom stereocenters. The van der Waals surface area contributed by atoms with E-state index in [0.717, 1.165) is 12.8 Å². The summed E-state index contributed by atoms with van der Waals surface area (Å²) in [6.45, 7) is 13.5. The third-order valence-electron chi connectivity index (χ3n) is 7.46. The first kappa shape index (κ1) is 39.7. The Morgan fingerprint density at radius 3 is 2.00 bits per heavy atom. The van der Waals surface area contributed by atoms with Crippen molar-refractivity contribution in [2.45, 2.75) is 140 Å². The number of aliphatic hydroxyl groups excluding tert-OH is 4. The summed E-state index contributed by atoms with van der Waals surface area (Å²) in [7, 11) is -1.65.